The van der Waals surface area contributed by atoms with Gasteiger partial charge in [-0.1, -0.05) is 61.4 Å². The summed E-state index contributed by atoms with van der Waals surface area (Å²) in [6.45, 7) is 4.15. The third-order valence-corrected chi connectivity index (χ3v) is 8.74. The van der Waals surface area contributed by atoms with Crippen molar-refractivity contribution in [1.29, 1.82) is 0 Å². The molecule has 1 saturated carbocycles. The van der Waals surface area contributed by atoms with Crippen molar-refractivity contribution in [1.82, 2.24) is 3.97 Å². The van der Waals surface area contributed by atoms with E-state index in [1.54, 1.807) is 23.2 Å². The van der Waals surface area contributed by atoms with E-state index in [0.29, 0.717) is 10.8 Å². The van der Waals surface area contributed by atoms with E-state index in [1.165, 1.54) is 11.1 Å². The van der Waals surface area contributed by atoms with Gasteiger partial charge in [0.2, 0.25) is 0 Å². The smallest absolute Gasteiger partial charge is 0.268 e. The molecule has 5 rings (SSSR count). The lowest BCUT2D eigenvalue weighted by Crippen LogP contribution is -2.16. The molecule has 1 heterocycles. The van der Waals surface area contributed by atoms with Gasteiger partial charge in [0.1, 0.15) is 5.75 Å². The van der Waals surface area contributed by atoms with Crippen LogP contribution in [0.3, 0.4) is 0 Å². The highest BCUT2D eigenvalue weighted by Gasteiger charge is 2.45. The maximum Gasteiger partial charge on any atom is 0.268 e. The minimum absolute atomic E-state index is 0.174. The molecular formula is C29H31NO3S. The molecular weight excluding hydrogens is 442 g/mol. The number of aryl methyl sites for hydroxylation is 2. The van der Waals surface area contributed by atoms with Gasteiger partial charge in [0.05, 0.1) is 17.5 Å². The SMILES string of the molecule is CCCCc1c([C@H]2C[C@H]2c2ccc(OC)cc2)n(S(=O)(=O)c2ccc(C)cc2)c2ccccc12. The van der Waals surface area contributed by atoms with Gasteiger partial charge in [-0.05, 0) is 73.6 Å². The number of nitrogens with zero attached hydrogens (tertiary/aromatic N) is 1. The van der Waals surface area contributed by atoms with E-state index in [0.717, 1.165) is 53.6 Å². The molecule has 0 amide bonds. The Morgan fingerprint density at radius 3 is 2.32 bits per heavy atom. The van der Waals surface area contributed by atoms with Crippen LogP contribution in [-0.2, 0) is 16.4 Å². The molecule has 0 bridgehead atoms. The van der Waals surface area contributed by atoms with Crippen LogP contribution in [0.1, 0.15) is 60.4 Å². The molecule has 0 N–H and O–H groups in total. The molecule has 1 aliphatic rings. The summed E-state index contributed by atoms with van der Waals surface area (Å²) in [5.74, 6) is 1.32. The summed E-state index contributed by atoms with van der Waals surface area (Å²) in [4.78, 5) is 0.337. The molecule has 1 fully saturated rings. The zero-order chi connectivity index (χ0) is 23.9. The van der Waals surface area contributed by atoms with Gasteiger partial charge < -0.3 is 4.74 Å². The summed E-state index contributed by atoms with van der Waals surface area (Å²) >= 11 is 0. The van der Waals surface area contributed by atoms with E-state index in [1.807, 2.05) is 49.4 Å². The predicted octanol–water partition coefficient (Wildman–Crippen LogP) is 6.81. The van der Waals surface area contributed by atoms with E-state index in [2.05, 4.69) is 25.1 Å². The topological polar surface area (TPSA) is 48.3 Å². The highest BCUT2D eigenvalue weighted by atomic mass is 32.2. The quantitative estimate of drug-likeness (QED) is 0.282. The van der Waals surface area contributed by atoms with Crippen LogP contribution < -0.4 is 4.74 Å². The van der Waals surface area contributed by atoms with E-state index in [9.17, 15) is 8.42 Å². The minimum atomic E-state index is -3.74. The number of aromatic nitrogens is 1. The van der Waals surface area contributed by atoms with E-state index < -0.39 is 10.0 Å². The van der Waals surface area contributed by atoms with Crippen LogP contribution in [0.5, 0.6) is 5.75 Å². The lowest BCUT2D eigenvalue weighted by molar-refractivity contribution is 0.414. The highest BCUT2D eigenvalue weighted by Crippen LogP contribution is 2.57. The van der Waals surface area contributed by atoms with Crippen molar-refractivity contribution in [2.45, 2.75) is 56.3 Å². The molecule has 1 aliphatic carbocycles. The molecule has 34 heavy (non-hydrogen) atoms. The zero-order valence-corrected chi connectivity index (χ0v) is 20.8. The van der Waals surface area contributed by atoms with Gasteiger partial charge in [-0.15, -0.1) is 0 Å². The van der Waals surface area contributed by atoms with Gasteiger partial charge in [0.15, 0.2) is 0 Å². The number of ether oxygens (including phenoxy) is 1. The van der Waals surface area contributed by atoms with E-state index in [-0.39, 0.29) is 5.92 Å². The fourth-order valence-electron chi connectivity index (χ4n) is 5.08. The van der Waals surface area contributed by atoms with Crippen LogP contribution in [0, 0.1) is 6.92 Å². The predicted molar refractivity (Wildman–Crippen MR) is 137 cm³/mol. The Balaban J connectivity index is 1.69. The molecule has 0 saturated heterocycles. The molecule has 3 aromatic carbocycles. The monoisotopic (exact) mass is 473 g/mol. The largest absolute Gasteiger partial charge is 0.497 e. The second-order valence-electron chi connectivity index (χ2n) is 9.29. The average Bonchev–Trinajstić information content (AvgIpc) is 3.57. The van der Waals surface area contributed by atoms with Crippen molar-refractivity contribution in [3.05, 3.63) is 95.2 Å². The Kier molecular flexibility index (Phi) is 5.98. The standard InChI is InChI=1S/C29H31NO3S/c1-4-5-8-25-24-9-6-7-10-28(24)30(34(31,32)23-17-11-20(2)12-18-23)29(25)27-19-26(27)21-13-15-22(33-3)16-14-21/h6-7,9-18,26-27H,4-5,8,19H2,1-3H3/t26-,27-/m0/s1. The summed E-state index contributed by atoms with van der Waals surface area (Å²) in [5.41, 5.74) is 5.22. The number of fused-ring (bicyclic) bond motifs is 1. The molecule has 0 radical (unpaired) electrons. The first-order valence-corrected chi connectivity index (χ1v) is 13.5. The number of hydrogen-bond acceptors (Lipinski definition) is 3. The van der Waals surface area contributed by atoms with Crippen molar-refractivity contribution in [3.63, 3.8) is 0 Å². The highest BCUT2D eigenvalue weighted by molar-refractivity contribution is 7.90. The van der Waals surface area contributed by atoms with Gasteiger partial charge >= 0.3 is 0 Å². The third-order valence-electron chi connectivity index (χ3n) is 7.00. The normalized spacial score (nSPS) is 17.7. The first-order chi connectivity index (χ1) is 16.5. The summed E-state index contributed by atoms with van der Waals surface area (Å²) in [6, 6.07) is 23.4. The molecule has 5 heteroatoms. The second kappa shape index (κ2) is 8.95. The van der Waals surface area contributed by atoms with Crippen molar-refractivity contribution in [2.75, 3.05) is 7.11 Å². The third kappa shape index (κ3) is 3.92. The van der Waals surface area contributed by atoms with Crippen LogP contribution in [-0.4, -0.2) is 19.5 Å². The van der Waals surface area contributed by atoms with Crippen molar-refractivity contribution in [2.24, 2.45) is 0 Å². The van der Waals surface area contributed by atoms with Gasteiger partial charge in [0, 0.05) is 17.0 Å². The Hall–Kier alpha value is -3.05. The first kappa shape index (κ1) is 22.7. The Morgan fingerprint density at radius 1 is 0.941 bits per heavy atom. The lowest BCUT2D eigenvalue weighted by Gasteiger charge is -2.14. The van der Waals surface area contributed by atoms with Crippen molar-refractivity contribution >= 4 is 20.9 Å². The molecule has 4 nitrogen and oxygen atoms in total. The lowest BCUT2D eigenvalue weighted by atomic mass is 10.0. The summed E-state index contributed by atoms with van der Waals surface area (Å²) in [5, 5.41) is 1.06. The Morgan fingerprint density at radius 2 is 1.65 bits per heavy atom. The van der Waals surface area contributed by atoms with Gasteiger partial charge in [-0.25, -0.2) is 12.4 Å². The number of unbranched alkanes of at least 4 members (excludes halogenated alkanes) is 1. The molecule has 176 valence electrons. The summed E-state index contributed by atoms with van der Waals surface area (Å²) in [7, 11) is -2.07. The van der Waals surface area contributed by atoms with Crippen molar-refractivity contribution < 1.29 is 13.2 Å². The van der Waals surface area contributed by atoms with Crippen LogP contribution in [0.25, 0.3) is 10.9 Å². The fraction of sp³-hybridized carbons (Fsp3) is 0.310. The number of rotatable bonds is 8. The molecule has 0 aliphatic heterocycles. The Bertz CT molecular complexity index is 1420. The van der Waals surface area contributed by atoms with E-state index in [4.69, 9.17) is 4.74 Å². The van der Waals surface area contributed by atoms with Crippen LogP contribution in [0.4, 0.5) is 0 Å². The Labute approximate surface area is 202 Å². The second-order valence-corrected chi connectivity index (χ2v) is 11.1. The number of hydrogen-bond donors (Lipinski definition) is 0. The number of para-hydroxylation sites is 1. The summed E-state index contributed by atoms with van der Waals surface area (Å²) in [6.07, 6.45) is 3.93. The summed E-state index contributed by atoms with van der Waals surface area (Å²) < 4.78 is 35.1. The van der Waals surface area contributed by atoms with Gasteiger partial charge in [0.25, 0.3) is 10.0 Å². The van der Waals surface area contributed by atoms with Crippen LogP contribution in [0.15, 0.2) is 77.7 Å². The molecule has 4 aromatic rings. The van der Waals surface area contributed by atoms with Gasteiger partial charge in [-0.2, -0.15) is 0 Å². The van der Waals surface area contributed by atoms with Crippen molar-refractivity contribution in [3.8, 4) is 5.75 Å². The number of benzene rings is 3. The minimum Gasteiger partial charge on any atom is -0.497 e. The number of methoxy groups -OCH3 is 1. The maximum atomic E-state index is 14.1. The molecule has 0 spiro atoms. The first-order valence-electron chi connectivity index (χ1n) is 12.0. The fourth-order valence-corrected chi connectivity index (χ4v) is 6.69. The molecule has 0 unspecified atom stereocenters. The van der Waals surface area contributed by atoms with E-state index >= 15 is 0 Å². The maximum absolute atomic E-state index is 14.1. The molecule has 2 atom stereocenters. The van der Waals surface area contributed by atoms with Crippen LogP contribution >= 0.6 is 0 Å². The van der Waals surface area contributed by atoms with Crippen LogP contribution in [0.2, 0.25) is 0 Å². The molecule has 1 aromatic heterocycles. The zero-order valence-electron chi connectivity index (χ0n) is 20.0. The average molecular weight is 474 g/mol. The van der Waals surface area contributed by atoms with Gasteiger partial charge in [-0.3, -0.25) is 0 Å².